The van der Waals surface area contributed by atoms with Crippen molar-refractivity contribution in [2.75, 3.05) is 30.6 Å². The van der Waals surface area contributed by atoms with Gasteiger partial charge in [-0.1, -0.05) is 29.8 Å². The Morgan fingerprint density at radius 2 is 2.03 bits per heavy atom. The summed E-state index contributed by atoms with van der Waals surface area (Å²) in [4.78, 5) is 12.6. The molecule has 1 heterocycles. The van der Waals surface area contributed by atoms with Crippen LogP contribution in [0.25, 0.3) is 0 Å². The summed E-state index contributed by atoms with van der Waals surface area (Å²) in [5.74, 6) is -0.400. The Morgan fingerprint density at radius 1 is 1.24 bits per heavy atom. The third-order valence-corrected chi connectivity index (χ3v) is 6.93. The van der Waals surface area contributed by atoms with E-state index in [1.807, 2.05) is 31.2 Å². The van der Waals surface area contributed by atoms with E-state index in [0.717, 1.165) is 18.4 Å². The van der Waals surface area contributed by atoms with E-state index in [1.165, 1.54) is 22.5 Å². The minimum absolute atomic E-state index is 0.0538. The molecule has 0 atom stereocenters. The number of carbonyl (C=O) groups excluding carboxylic acids is 1. The first-order chi connectivity index (χ1) is 13.9. The Hall–Kier alpha value is -2.09. The second-order valence-corrected chi connectivity index (χ2v) is 9.03. The lowest BCUT2D eigenvalue weighted by Gasteiger charge is -2.30. The third-order valence-electron chi connectivity index (χ3n) is 4.79. The molecule has 0 spiro atoms. The fourth-order valence-corrected chi connectivity index (χ4v) is 5.10. The standard InChI is InChI=1S/C21H25ClN2O4S/c1-2-28-14-6-12-23-21(25)18-15-17(10-11-19(18)22)29(26,27)24-13-5-8-16-7-3-4-9-20(16)24/h3-4,7,9-11,15H,2,5-6,8,12-14H2,1H3,(H,23,25). The highest BCUT2D eigenvalue weighted by atomic mass is 35.5. The average Bonchev–Trinajstić information content (AvgIpc) is 2.73. The molecule has 0 saturated heterocycles. The largest absolute Gasteiger partial charge is 0.382 e. The number of benzene rings is 2. The van der Waals surface area contributed by atoms with Crippen molar-refractivity contribution < 1.29 is 17.9 Å². The van der Waals surface area contributed by atoms with E-state index < -0.39 is 15.9 Å². The summed E-state index contributed by atoms with van der Waals surface area (Å²) in [5, 5.41) is 2.97. The predicted molar refractivity (Wildman–Crippen MR) is 114 cm³/mol. The highest BCUT2D eigenvalue weighted by Gasteiger charge is 2.29. The zero-order valence-corrected chi connectivity index (χ0v) is 17.9. The monoisotopic (exact) mass is 436 g/mol. The minimum atomic E-state index is -3.81. The van der Waals surface area contributed by atoms with Gasteiger partial charge in [-0.05, 0) is 56.0 Å². The van der Waals surface area contributed by atoms with E-state index in [2.05, 4.69) is 5.32 Å². The molecule has 0 bridgehead atoms. The molecule has 8 heteroatoms. The lowest BCUT2D eigenvalue weighted by Crippen LogP contribution is -2.35. The van der Waals surface area contributed by atoms with Crippen molar-refractivity contribution in [2.45, 2.75) is 31.1 Å². The molecule has 1 aliphatic heterocycles. The maximum Gasteiger partial charge on any atom is 0.264 e. The van der Waals surface area contributed by atoms with Gasteiger partial charge in [-0.2, -0.15) is 0 Å². The Kier molecular flexibility index (Phi) is 7.16. The van der Waals surface area contributed by atoms with Crippen molar-refractivity contribution >= 4 is 33.2 Å². The molecular formula is C21H25ClN2O4S. The van der Waals surface area contributed by atoms with Crippen molar-refractivity contribution in [1.82, 2.24) is 5.32 Å². The predicted octanol–water partition coefficient (Wildman–Crippen LogP) is 3.64. The average molecular weight is 437 g/mol. The van der Waals surface area contributed by atoms with Gasteiger partial charge in [-0.15, -0.1) is 0 Å². The first-order valence-electron chi connectivity index (χ1n) is 9.71. The van der Waals surface area contributed by atoms with Gasteiger partial charge >= 0.3 is 0 Å². The molecule has 0 fully saturated rings. The molecule has 2 aromatic carbocycles. The summed E-state index contributed by atoms with van der Waals surface area (Å²) in [6.45, 7) is 3.91. The summed E-state index contributed by atoms with van der Waals surface area (Å²) < 4.78 is 33.3. The van der Waals surface area contributed by atoms with Crippen molar-refractivity contribution in [3.63, 3.8) is 0 Å². The number of amides is 1. The molecule has 1 aliphatic rings. The fourth-order valence-electron chi connectivity index (χ4n) is 3.33. The number of ether oxygens (including phenoxy) is 1. The first-order valence-corrected chi connectivity index (χ1v) is 11.5. The zero-order chi connectivity index (χ0) is 20.9. The molecule has 1 N–H and O–H groups in total. The fraction of sp³-hybridized carbons (Fsp3) is 0.381. The molecule has 29 heavy (non-hydrogen) atoms. The number of rotatable bonds is 8. The van der Waals surface area contributed by atoms with Gasteiger partial charge in [0.25, 0.3) is 15.9 Å². The van der Waals surface area contributed by atoms with Crippen molar-refractivity contribution in [2.24, 2.45) is 0 Å². The van der Waals surface area contributed by atoms with Gasteiger partial charge in [0.1, 0.15) is 0 Å². The Labute approximate surface area is 176 Å². The van der Waals surface area contributed by atoms with Gasteiger partial charge in [0.2, 0.25) is 0 Å². The van der Waals surface area contributed by atoms with E-state index in [-0.39, 0.29) is 15.5 Å². The van der Waals surface area contributed by atoms with E-state index in [9.17, 15) is 13.2 Å². The molecule has 0 aromatic heterocycles. The first kappa shape index (κ1) is 21.6. The number of sulfonamides is 1. The van der Waals surface area contributed by atoms with Gasteiger partial charge in [-0.3, -0.25) is 9.10 Å². The molecule has 0 radical (unpaired) electrons. The maximum absolute atomic E-state index is 13.3. The normalized spacial score (nSPS) is 13.8. The lowest BCUT2D eigenvalue weighted by molar-refractivity contribution is 0.0944. The van der Waals surface area contributed by atoms with Crippen molar-refractivity contribution in [3.05, 3.63) is 58.6 Å². The summed E-state index contributed by atoms with van der Waals surface area (Å²) in [5.41, 5.74) is 1.84. The summed E-state index contributed by atoms with van der Waals surface area (Å²) in [7, 11) is -3.81. The van der Waals surface area contributed by atoms with Crippen molar-refractivity contribution in [1.29, 1.82) is 0 Å². The van der Waals surface area contributed by atoms with Crippen molar-refractivity contribution in [3.8, 4) is 0 Å². The SMILES string of the molecule is CCOCCCNC(=O)c1cc(S(=O)(=O)N2CCCc3ccccc32)ccc1Cl. The Bertz CT molecular complexity index is 978. The smallest absolute Gasteiger partial charge is 0.264 e. The van der Waals surface area contributed by atoms with Gasteiger partial charge in [0.05, 0.1) is 21.2 Å². The van der Waals surface area contributed by atoms with E-state index in [4.69, 9.17) is 16.3 Å². The summed E-state index contributed by atoms with van der Waals surface area (Å²) >= 11 is 6.18. The van der Waals surface area contributed by atoms with Gasteiger partial charge in [0.15, 0.2) is 0 Å². The topological polar surface area (TPSA) is 75.7 Å². The molecule has 0 saturated carbocycles. The second kappa shape index (κ2) is 9.61. The third kappa shape index (κ3) is 4.91. The number of carbonyl (C=O) groups is 1. The lowest BCUT2D eigenvalue weighted by atomic mass is 10.0. The number of nitrogens with zero attached hydrogens (tertiary/aromatic N) is 1. The molecule has 6 nitrogen and oxygen atoms in total. The van der Waals surface area contributed by atoms with Crippen LogP contribution in [0.2, 0.25) is 5.02 Å². The van der Waals surface area contributed by atoms with Gasteiger partial charge in [0, 0.05) is 26.3 Å². The van der Waals surface area contributed by atoms with Crippen LogP contribution in [-0.4, -0.2) is 40.6 Å². The van der Waals surface area contributed by atoms with Crippen LogP contribution in [0, 0.1) is 0 Å². The zero-order valence-electron chi connectivity index (χ0n) is 16.4. The number of anilines is 1. The quantitative estimate of drug-likeness (QED) is 0.641. The Balaban J connectivity index is 1.83. The van der Waals surface area contributed by atoms with Crippen LogP contribution in [0.4, 0.5) is 5.69 Å². The van der Waals surface area contributed by atoms with E-state index in [1.54, 1.807) is 0 Å². The molecule has 0 unspecified atom stereocenters. The number of nitrogens with one attached hydrogen (secondary N) is 1. The molecular weight excluding hydrogens is 412 g/mol. The molecule has 2 aromatic rings. The van der Waals surface area contributed by atoms with Crippen LogP contribution in [0.15, 0.2) is 47.4 Å². The second-order valence-electron chi connectivity index (χ2n) is 6.76. The van der Waals surface area contributed by atoms with E-state index in [0.29, 0.717) is 38.4 Å². The molecule has 3 rings (SSSR count). The number of fused-ring (bicyclic) bond motifs is 1. The van der Waals surface area contributed by atoms with Crippen LogP contribution in [-0.2, 0) is 21.2 Å². The highest BCUT2D eigenvalue weighted by Crippen LogP contribution is 2.32. The minimum Gasteiger partial charge on any atom is -0.382 e. The molecule has 1 amide bonds. The van der Waals surface area contributed by atoms with Gasteiger partial charge in [-0.25, -0.2) is 8.42 Å². The van der Waals surface area contributed by atoms with Crippen LogP contribution in [0.1, 0.15) is 35.7 Å². The van der Waals surface area contributed by atoms with Gasteiger partial charge < -0.3 is 10.1 Å². The molecule has 0 aliphatic carbocycles. The van der Waals surface area contributed by atoms with Crippen LogP contribution in [0.5, 0.6) is 0 Å². The Morgan fingerprint density at radius 3 is 2.83 bits per heavy atom. The number of hydrogen-bond acceptors (Lipinski definition) is 4. The van der Waals surface area contributed by atoms with Crippen LogP contribution >= 0.6 is 11.6 Å². The number of para-hydroxylation sites is 1. The van der Waals surface area contributed by atoms with Crippen LogP contribution in [0.3, 0.4) is 0 Å². The number of halogens is 1. The molecule has 156 valence electrons. The summed E-state index contributed by atoms with van der Waals surface area (Å²) in [6.07, 6.45) is 2.26. The highest BCUT2D eigenvalue weighted by molar-refractivity contribution is 7.92. The maximum atomic E-state index is 13.3. The number of hydrogen-bond donors (Lipinski definition) is 1. The van der Waals surface area contributed by atoms with Crippen LogP contribution < -0.4 is 9.62 Å². The van der Waals surface area contributed by atoms with E-state index >= 15 is 0 Å². The number of aryl methyl sites for hydroxylation is 1. The summed E-state index contributed by atoms with van der Waals surface area (Å²) in [6, 6.07) is 11.8.